The first-order chi connectivity index (χ1) is 15.4. The molecule has 6 heteroatoms. The highest BCUT2D eigenvalue weighted by Gasteiger charge is 2.51. The van der Waals surface area contributed by atoms with Crippen molar-refractivity contribution in [3.63, 3.8) is 0 Å². The van der Waals surface area contributed by atoms with E-state index in [1.54, 1.807) is 0 Å². The standard InChI is InChI=1S/C26H29N3O3/c1-17-5-8-20(9-6-17)23-27-28-24(32-23)22-15-29(16-26(22)10-12-31-13-11-26)25(30)21-14-18(2)4-7-19(21)3/h4-9,14,22H,10-13,15-16H2,1-3H3. The van der Waals surface area contributed by atoms with E-state index in [4.69, 9.17) is 9.15 Å². The van der Waals surface area contributed by atoms with Crippen molar-refractivity contribution in [2.24, 2.45) is 5.41 Å². The number of hydrogen-bond donors (Lipinski definition) is 0. The summed E-state index contributed by atoms with van der Waals surface area (Å²) in [5.41, 5.74) is 4.88. The van der Waals surface area contributed by atoms with Gasteiger partial charge in [-0.3, -0.25) is 4.79 Å². The molecule has 3 heterocycles. The summed E-state index contributed by atoms with van der Waals surface area (Å²) in [6, 6.07) is 14.1. The number of amides is 1. The van der Waals surface area contributed by atoms with Crippen LogP contribution < -0.4 is 0 Å². The number of ether oxygens (including phenoxy) is 1. The molecule has 1 spiro atoms. The summed E-state index contributed by atoms with van der Waals surface area (Å²) in [5, 5.41) is 8.79. The zero-order chi connectivity index (χ0) is 22.3. The van der Waals surface area contributed by atoms with Crippen LogP contribution in [-0.2, 0) is 4.74 Å². The number of rotatable bonds is 3. The van der Waals surface area contributed by atoms with Gasteiger partial charge in [-0.2, -0.15) is 0 Å². The number of aryl methyl sites for hydroxylation is 3. The van der Waals surface area contributed by atoms with Crippen LogP contribution in [0.5, 0.6) is 0 Å². The van der Waals surface area contributed by atoms with Gasteiger partial charge in [0.25, 0.3) is 5.91 Å². The van der Waals surface area contributed by atoms with E-state index >= 15 is 0 Å². The fourth-order valence-electron chi connectivity index (χ4n) is 5.07. The van der Waals surface area contributed by atoms with E-state index in [1.165, 1.54) is 5.56 Å². The Morgan fingerprint density at radius 1 is 1.00 bits per heavy atom. The second-order valence-corrected chi connectivity index (χ2v) is 9.34. The molecule has 5 rings (SSSR count). The SMILES string of the molecule is Cc1ccc(-c2nnc(C3CN(C(=O)c4cc(C)ccc4C)CC34CCOCC4)o2)cc1. The lowest BCUT2D eigenvalue weighted by molar-refractivity contribution is 0.00908. The molecular formula is C26H29N3O3. The van der Waals surface area contributed by atoms with Gasteiger partial charge in [0, 0.05) is 42.8 Å². The molecule has 1 unspecified atom stereocenters. The molecule has 2 saturated heterocycles. The summed E-state index contributed by atoms with van der Waals surface area (Å²) < 4.78 is 11.9. The summed E-state index contributed by atoms with van der Waals surface area (Å²) in [6.07, 6.45) is 1.77. The van der Waals surface area contributed by atoms with Crippen LogP contribution in [0.3, 0.4) is 0 Å². The van der Waals surface area contributed by atoms with Crippen molar-refractivity contribution in [3.8, 4) is 11.5 Å². The molecule has 2 fully saturated rings. The molecule has 2 aromatic carbocycles. The number of aromatic nitrogens is 2. The van der Waals surface area contributed by atoms with Crippen molar-refractivity contribution in [2.45, 2.75) is 39.5 Å². The van der Waals surface area contributed by atoms with E-state index in [9.17, 15) is 4.79 Å². The number of nitrogens with zero attached hydrogens (tertiary/aromatic N) is 3. The van der Waals surface area contributed by atoms with Crippen molar-refractivity contribution >= 4 is 5.91 Å². The maximum Gasteiger partial charge on any atom is 0.254 e. The average Bonchev–Trinajstić information content (AvgIpc) is 3.41. The van der Waals surface area contributed by atoms with Crippen LogP contribution in [-0.4, -0.2) is 47.3 Å². The lowest BCUT2D eigenvalue weighted by Gasteiger charge is -2.36. The number of benzene rings is 2. The quantitative estimate of drug-likeness (QED) is 0.601. The first kappa shape index (κ1) is 20.9. The van der Waals surface area contributed by atoms with Crippen molar-refractivity contribution in [1.82, 2.24) is 15.1 Å². The van der Waals surface area contributed by atoms with Gasteiger partial charge in [0.2, 0.25) is 11.8 Å². The van der Waals surface area contributed by atoms with E-state index in [0.717, 1.165) is 35.1 Å². The molecule has 166 valence electrons. The van der Waals surface area contributed by atoms with E-state index in [2.05, 4.69) is 17.1 Å². The fourth-order valence-corrected chi connectivity index (χ4v) is 5.07. The Balaban J connectivity index is 1.46. The minimum Gasteiger partial charge on any atom is -0.420 e. The molecule has 1 aromatic heterocycles. The minimum atomic E-state index is -0.0945. The lowest BCUT2D eigenvalue weighted by atomic mass is 9.72. The van der Waals surface area contributed by atoms with E-state index in [-0.39, 0.29) is 17.2 Å². The summed E-state index contributed by atoms with van der Waals surface area (Å²) in [7, 11) is 0. The topological polar surface area (TPSA) is 68.5 Å². The summed E-state index contributed by atoms with van der Waals surface area (Å²) in [5.74, 6) is 1.24. The highest BCUT2D eigenvalue weighted by atomic mass is 16.5. The minimum absolute atomic E-state index is 0.00663. The highest BCUT2D eigenvalue weighted by molar-refractivity contribution is 5.96. The Hall–Kier alpha value is -2.99. The van der Waals surface area contributed by atoms with E-state index in [1.807, 2.05) is 61.2 Å². The maximum absolute atomic E-state index is 13.5. The molecule has 32 heavy (non-hydrogen) atoms. The van der Waals surface area contributed by atoms with Gasteiger partial charge in [0.15, 0.2) is 0 Å². The molecule has 1 amide bonds. The Morgan fingerprint density at radius 2 is 1.72 bits per heavy atom. The summed E-state index contributed by atoms with van der Waals surface area (Å²) in [6.45, 7) is 8.74. The second kappa shape index (κ2) is 8.17. The monoisotopic (exact) mass is 431 g/mol. The van der Waals surface area contributed by atoms with Crippen LogP contribution in [0, 0.1) is 26.2 Å². The molecule has 2 aliphatic rings. The first-order valence-corrected chi connectivity index (χ1v) is 11.3. The average molecular weight is 432 g/mol. The Kier molecular flexibility index (Phi) is 5.33. The fraction of sp³-hybridized carbons (Fsp3) is 0.423. The predicted octanol–water partition coefficient (Wildman–Crippen LogP) is 4.70. The Labute approximate surface area is 188 Å². The molecule has 3 aromatic rings. The molecule has 0 aliphatic carbocycles. The smallest absolute Gasteiger partial charge is 0.254 e. The van der Waals surface area contributed by atoms with Gasteiger partial charge in [0.05, 0.1) is 5.92 Å². The van der Waals surface area contributed by atoms with Gasteiger partial charge < -0.3 is 14.1 Å². The van der Waals surface area contributed by atoms with Gasteiger partial charge in [-0.25, -0.2) is 0 Å². The molecule has 0 radical (unpaired) electrons. The van der Waals surface area contributed by atoms with Crippen LogP contribution in [0.25, 0.3) is 11.5 Å². The number of likely N-dealkylation sites (tertiary alicyclic amines) is 1. The largest absolute Gasteiger partial charge is 0.420 e. The first-order valence-electron chi connectivity index (χ1n) is 11.3. The van der Waals surface area contributed by atoms with Crippen LogP contribution in [0.15, 0.2) is 46.9 Å². The molecule has 2 aliphatic heterocycles. The lowest BCUT2D eigenvalue weighted by Crippen LogP contribution is -2.37. The zero-order valence-electron chi connectivity index (χ0n) is 18.9. The van der Waals surface area contributed by atoms with Crippen LogP contribution in [0.1, 0.15) is 51.7 Å². The molecule has 0 saturated carbocycles. The van der Waals surface area contributed by atoms with Gasteiger partial charge in [-0.1, -0.05) is 35.4 Å². The molecular weight excluding hydrogens is 402 g/mol. The van der Waals surface area contributed by atoms with Crippen LogP contribution in [0.2, 0.25) is 0 Å². The van der Waals surface area contributed by atoms with Crippen molar-refractivity contribution < 1.29 is 13.9 Å². The van der Waals surface area contributed by atoms with Gasteiger partial charge in [0.1, 0.15) is 0 Å². The number of hydrogen-bond acceptors (Lipinski definition) is 5. The van der Waals surface area contributed by atoms with E-state index in [0.29, 0.717) is 38.1 Å². The van der Waals surface area contributed by atoms with Crippen molar-refractivity contribution in [2.75, 3.05) is 26.3 Å². The van der Waals surface area contributed by atoms with Crippen LogP contribution in [0.4, 0.5) is 0 Å². The predicted molar refractivity (Wildman–Crippen MR) is 122 cm³/mol. The van der Waals surface area contributed by atoms with Crippen molar-refractivity contribution in [3.05, 3.63) is 70.6 Å². The third-order valence-electron chi connectivity index (χ3n) is 7.08. The molecule has 0 bridgehead atoms. The van der Waals surface area contributed by atoms with E-state index < -0.39 is 0 Å². The maximum atomic E-state index is 13.5. The number of carbonyl (C=O) groups is 1. The summed E-state index contributed by atoms with van der Waals surface area (Å²) in [4.78, 5) is 15.5. The zero-order valence-corrected chi connectivity index (χ0v) is 18.9. The van der Waals surface area contributed by atoms with Gasteiger partial charge in [-0.15, -0.1) is 10.2 Å². The van der Waals surface area contributed by atoms with Crippen molar-refractivity contribution in [1.29, 1.82) is 0 Å². The summed E-state index contributed by atoms with van der Waals surface area (Å²) >= 11 is 0. The third kappa shape index (κ3) is 3.73. The van der Waals surface area contributed by atoms with Gasteiger partial charge in [-0.05, 0) is 57.4 Å². The number of carbonyl (C=O) groups excluding carboxylic acids is 1. The molecule has 0 N–H and O–H groups in total. The Bertz CT molecular complexity index is 1130. The van der Waals surface area contributed by atoms with Gasteiger partial charge >= 0.3 is 0 Å². The molecule has 6 nitrogen and oxygen atoms in total. The normalized spacial score (nSPS) is 20.1. The third-order valence-corrected chi connectivity index (χ3v) is 7.08. The highest BCUT2D eigenvalue weighted by Crippen LogP contribution is 2.49. The second-order valence-electron chi connectivity index (χ2n) is 9.34. The van der Waals surface area contributed by atoms with Crippen LogP contribution >= 0.6 is 0 Å². The molecule has 1 atom stereocenters. The Morgan fingerprint density at radius 3 is 2.47 bits per heavy atom.